The lowest BCUT2D eigenvalue weighted by Gasteiger charge is -2.13. The Morgan fingerprint density at radius 3 is 2.38 bits per heavy atom. The van der Waals surface area contributed by atoms with Crippen LogP contribution >= 0.6 is 11.3 Å². The van der Waals surface area contributed by atoms with E-state index >= 15 is 0 Å². The molecule has 2 heterocycles. The van der Waals surface area contributed by atoms with Gasteiger partial charge in [-0.05, 0) is 80.5 Å². The molecular weight excluding hydrogens is 601 g/mol. The second-order valence-electron chi connectivity index (χ2n) is 10.8. The van der Waals surface area contributed by atoms with Crippen LogP contribution in [0.3, 0.4) is 0 Å². The molecule has 12 heteroatoms. The van der Waals surface area contributed by atoms with Crippen molar-refractivity contribution in [1.29, 1.82) is 0 Å². The van der Waals surface area contributed by atoms with Gasteiger partial charge in [0.15, 0.2) is 10.6 Å². The summed E-state index contributed by atoms with van der Waals surface area (Å²) in [4.78, 5) is 22.0. The first-order valence-corrected chi connectivity index (χ1v) is 15.3. The Hall–Kier alpha value is -4.71. The highest BCUT2D eigenvalue weighted by molar-refractivity contribution is 7.07. The number of aryl methyl sites for hydroxylation is 3. The number of carbonyl (C=O) groups is 1. The van der Waals surface area contributed by atoms with Crippen LogP contribution in [0.5, 0.6) is 5.75 Å². The van der Waals surface area contributed by atoms with Crippen LogP contribution in [0.2, 0.25) is 0 Å². The first-order valence-electron chi connectivity index (χ1n) is 14.4. The number of nitrogens with one attached hydrogen (secondary N) is 1. The van der Waals surface area contributed by atoms with E-state index in [0.717, 1.165) is 46.5 Å². The molecule has 5 rings (SSSR count). The molecule has 1 atom stereocenters. The number of benzene rings is 3. The Bertz CT molecular complexity index is 1820. The van der Waals surface area contributed by atoms with E-state index in [0.29, 0.717) is 22.9 Å². The maximum absolute atomic E-state index is 12.7. The zero-order chi connectivity index (χ0) is 32.1. The largest absolute Gasteiger partial charge is 0.573 e. The predicted octanol–water partition coefficient (Wildman–Crippen LogP) is 7.80. The van der Waals surface area contributed by atoms with Crippen molar-refractivity contribution < 1.29 is 22.7 Å². The molecule has 0 bridgehead atoms. The van der Waals surface area contributed by atoms with Crippen molar-refractivity contribution in [2.45, 2.75) is 52.8 Å². The van der Waals surface area contributed by atoms with Crippen LogP contribution in [0.1, 0.15) is 48.1 Å². The molecule has 0 radical (unpaired) electrons. The van der Waals surface area contributed by atoms with Gasteiger partial charge in [0, 0.05) is 23.2 Å². The fourth-order valence-corrected chi connectivity index (χ4v) is 5.94. The molecule has 0 spiro atoms. The molecule has 0 aliphatic carbocycles. The summed E-state index contributed by atoms with van der Waals surface area (Å²) in [5.41, 5.74) is 6.85. The van der Waals surface area contributed by atoms with E-state index in [1.54, 1.807) is 0 Å². The Balaban J connectivity index is 1.14. The zero-order valence-electron chi connectivity index (χ0n) is 25.3. The van der Waals surface area contributed by atoms with Gasteiger partial charge in [-0.1, -0.05) is 49.4 Å². The van der Waals surface area contributed by atoms with Gasteiger partial charge in [-0.2, -0.15) is 4.99 Å². The van der Waals surface area contributed by atoms with Crippen molar-refractivity contribution in [3.63, 3.8) is 0 Å². The minimum Gasteiger partial charge on any atom is -0.406 e. The van der Waals surface area contributed by atoms with Crippen molar-refractivity contribution in [3.8, 4) is 28.5 Å². The molecule has 0 saturated carbocycles. The van der Waals surface area contributed by atoms with Gasteiger partial charge in [-0.25, -0.2) is 14.5 Å². The topological polar surface area (TPSA) is 86.3 Å². The van der Waals surface area contributed by atoms with Crippen LogP contribution in [0.15, 0.2) is 83.4 Å². The highest BCUT2D eigenvalue weighted by atomic mass is 32.1. The summed E-state index contributed by atoms with van der Waals surface area (Å²) in [5.74, 6) is 0.460. The monoisotopic (exact) mass is 634 g/mol. The number of urea groups is 1. The highest BCUT2D eigenvalue weighted by Crippen LogP contribution is 2.26. The first-order chi connectivity index (χ1) is 21.5. The molecule has 0 fully saturated rings. The quantitative estimate of drug-likeness (QED) is 0.168. The number of rotatable bonds is 9. The van der Waals surface area contributed by atoms with Crippen LogP contribution in [0.4, 0.5) is 18.0 Å². The Morgan fingerprint density at radius 1 is 1.02 bits per heavy atom. The molecular formula is C33H33F3N6O2S. The van der Waals surface area contributed by atoms with Crippen LogP contribution in [0, 0.1) is 20.8 Å². The summed E-state index contributed by atoms with van der Waals surface area (Å²) < 4.78 is 44.7. The SMILES string of the molecule is Cc1cccc(C)c1-n1c(C)cs/c1=N\C(=O)NCCCC(C)c1ccc(-c2ncn(-c3ccc(OC(F)(F)F)cc3)n2)cc1. The van der Waals surface area contributed by atoms with E-state index in [4.69, 9.17) is 0 Å². The second-order valence-corrected chi connectivity index (χ2v) is 11.6. The molecule has 1 N–H and O–H groups in total. The molecule has 2 aromatic heterocycles. The van der Waals surface area contributed by atoms with E-state index in [1.165, 1.54) is 46.6 Å². The number of para-hydroxylation sites is 1. The molecule has 3 aromatic carbocycles. The predicted molar refractivity (Wildman–Crippen MR) is 168 cm³/mol. The van der Waals surface area contributed by atoms with Gasteiger partial charge >= 0.3 is 12.4 Å². The van der Waals surface area contributed by atoms with Gasteiger partial charge in [0.1, 0.15) is 12.1 Å². The summed E-state index contributed by atoms with van der Waals surface area (Å²) in [6.07, 6.45) is -1.56. The fraction of sp³-hybridized carbons (Fsp3) is 0.273. The number of aromatic nitrogens is 4. The number of thiazole rings is 1. The Labute approximate surface area is 262 Å². The standard InChI is InChI=1S/C33H33F3N6O2S/c1-21(9-6-18-37-31(43)39-32-42(24(4)19-45-32)29-22(2)7-5-8-23(29)3)25-10-12-26(13-11-25)30-38-20-41(40-30)27-14-16-28(17-15-27)44-33(34,35)36/h5,7-8,10-17,19-21H,6,9,18H2,1-4H3,(H,37,43)/b39-32-. The van der Waals surface area contributed by atoms with Crippen LogP contribution < -0.4 is 14.9 Å². The lowest BCUT2D eigenvalue weighted by atomic mass is 9.95. The third-order valence-electron chi connectivity index (χ3n) is 7.39. The van der Waals surface area contributed by atoms with Crippen molar-refractivity contribution in [2.75, 3.05) is 6.54 Å². The van der Waals surface area contributed by atoms with Crippen molar-refractivity contribution in [1.82, 2.24) is 24.6 Å². The van der Waals surface area contributed by atoms with E-state index < -0.39 is 6.36 Å². The number of hydrogen-bond donors (Lipinski definition) is 1. The maximum Gasteiger partial charge on any atom is 0.573 e. The van der Waals surface area contributed by atoms with Crippen molar-refractivity contribution >= 4 is 17.4 Å². The van der Waals surface area contributed by atoms with Gasteiger partial charge in [-0.3, -0.25) is 4.57 Å². The third-order valence-corrected chi connectivity index (χ3v) is 8.34. The van der Waals surface area contributed by atoms with Gasteiger partial charge < -0.3 is 10.1 Å². The smallest absolute Gasteiger partial charge is 0.406 e. The molecule has 0 saturated heterocycles. The maximum atomic E-state index is 12.7. The molecule has 45 heavy (non-hydrogen) atoms. The fourth-order valence-electron chi connectivity index (χ4n) is 5.08. The van der Waals surface area contributed by atoms with E-state index in [-0.39, 0.29) is 17.7 Å². The number of ether oxygens (including phenoxy) is 1. The van der Waals surface area contributed by atoms with E-state index in [9.17, 15) is 18.0 Å². The highest BCUT2D eigenvalue weighted by Gasteiger charge is 2.31. The van der Waals surface area contributed by atoms with E-state index in [2.05, 4.69) is 58.0 Å². The Morgan fingerprint density at radius 2 is 1.71 bits per heavy atom. The number of halogens is 3. The van der Waals surface area contributed by atoms with Crippen molar-refractivity contribution in [2.24, 2.45) is 4.99 Å². The third kappa shape index (κ3) is 7.88. The summed E-state index contributed by atoms with van der Waals surface area (Å²) in [7, 11) is 0. The molecule has 5 aromatic rings. The van der Waals surface area contributed by atoms with Crippen LogP contribution in [-0.2, 0) is 0 Å². The number of hydrogen-bond acceptors (Lipinski definition) is 5. The Kier molecular flexibility index (Phi) is 9.52. The van der Waals surface area contributed by atoms with Gasteiger partial charge in [0.05, 0.1) is 11.4 Å². The van der Waals surface area contributed by atoms with Gasteiger partial charge in [0.2, 0.25) is 0 Å². The minimum atomic E-state index is -4.74. The molecule has 0 aliphatic heterocycles. The molecule has 2 amide bonds. The van der Waals surface area contributed by atoms with Gasteiger partial charge in [0.25, 0.3) is 0 Å². The number of carbonyl (C=O) groups excluding carboxylic acids is 1. The minimum absolute atomic E-state index is 0.266. The second kappa shape index (κ2) is 13.5. The van der Waals surface area contributed by atoms with Crippen LogP contribution in [-0.4, -0.2) is 38.3 Å². The normalized spacial score (nSPS) is 12.7. The molecule has 1 unspecified atom stereocenters. The number of nitrogens with zero attached hydrogens (tertiary/aromatic N) is 5. The molecule has 0 aliphatic rings. The van der Waals surface area contributed by atoms with Crippen LogP contribution in [0.25, 0.3) is 22.8 Å². The summed E-state index contributed by atoms with van der Waals surface area (Å²) >= 11 is 1.45. The summed E-state index contributed by atoms with van der Waals surface area (Å²) in [6, 6.07) is 19.2. The zero-order valence-corrected chi connectivity index (χ0v) is 26.1. The van der Waals surface area contributed by atoms with Gasteiger partial charge in [-0.15, -0.1) is 29.6 Å². The molecule has 8 nitrogen and oxygen atoms in total. The summed E-state index contributed by atoms with van der Waals surface area (Å²) in [6.45, 7) is 8.79. The first kappa shape index (κ1) is 31.7. The summed E-state index contributed by atoms with van der Waals surface area (Å²) in [5, 5.41) is 9.39. The lowest BCUT2D eigenvalue weighted by molar-refractivity contribution is -0.274. The van der Waals surface area contributed by atoms with E-state index in [1.807, 2.05) is 47.2 Å². The van der Waals surface area contributed by atoms with Crippen molar-refractivity contribution in [3.05, 3.63) is 106 Å². The average Bonchev–Trinajstić information content (AvgIpc) is 3.62. The molecule has 234 valence electrons. The number of alkyl halides is 3. The average molecular weight is 635 g/mol. The number of amides is 2. The lowest BCUT2D eigenvalue weighted by Crippen LogP contribution is -2.26.